The molecule has 0 aliphatic heterocycles. The van der Waals surface area contributed by atoms with E-state index < -0.39 is 9.84 Å². The molecule has 86 valence electrons. The third-order valence-electron chi connectivity index (χ3n) is 1.99. The van der Waals surface area contributed by atoms with Gasteiger partial charge in [0.25, 0.3) is 0 Å². The van der Waals surface area contributed by atoms with Crippen molar-refractivity contribution >= 4 is 9.84 Å². The van der Waals surface area contributed by atoms with Crippen LogP contribution in [0.15, 0.2) is 0 Å². The van der Waals surface area contributed by atoms with Crippen LogP contribution in [0.5, 0.6) is 0 Å². The minimum atomic E-state index is -2.84. The van der Waals surface area contributed by atoms with E-state index in [1.165, 1.54) is 6.26 Å². The largest absolute Gasteiger partial charge is 0.392 e. The highest BCUT2D eigenvalue weighted by molar-refractivity contribution is 7.90. The molecular weight excluding hydrogens is 202 g/mol. The van der Waals surface area contributed by atoms with Gasteiger partial charge in [-0.05, 0) is 18.9 Å². The summed E-state index contributed by atoms with van der Waals surface area (Å²) in [6, 6.07) is 0. The highest BCUT2D eigenvalue weighted by Gasteiger charge is 2.07. The number of aliphatic hydroxyl groups is 1. The maximum atomic E-state index is 10.8. The molecular formula is C9H21NO3S. The normalized spacial score (nSPS) is 14.6. The lowest BCUT2D eigenvalue weighted by molar-refractivity contribution is 0.124. The van der Waals surface area contributed by atoms with Crippen molar-refractivity contribution < 1.29 is 13.5 Å². The Morgan fingerprint density at radius 1 is 1.36 bits per heavy atom. The summed E-state index contributed by atoms with van der Waals surface area (Å²) in [5, 5.41) is 12.4. The molecule has 1 atom stereocenters. The van der Waals surface area contributed by atoms with Crippen molar-refractivity contribution in [3.8, 4) is 0 Å². The summed E-state index contributed by atoms with van der Waals surface area (Å²) in [6.07, 6.45) is 1.48. The van der Waals surface area contributed by atoms with Crippen molar-refractivity contribution in [1.82, 2.24) is 5.32 Å². The van der Waals surface area contributed by atoms with Gasteiger partial charge in [-0.15, -0.1) is 0 Å². The molecule has 0 heterocycles. The maximum absolute atomic E-state index is 10.8. The van der Waals surface area contributed by atoms with Gasteiger partial charge in [0.15, 0.2) is 0 Å². The van der Waals surface area contributed by atoms with Crippen molar-refractivity contribution in [2.45, 2.75) is 26.4 Å². The first-order valence-electron chi connectivity index (χ1n) is 4.89. The Labute approximate surface area is 86.6 Å². The first kappa shape index (κ1) is 13.9. The molecule has 0 saturated heterocycles. The molecule has 4 nitrogen and oxygen atoms in total. The molecule has 0 spiro atoms. The van der Waals surface area contributed by atoms with Crippen LogP contribution in [0.2, 0.25) is 0 Å². The van der Waals surface area contributed by atoms with E-state index in [2.05, 4.69) is 5.32 Å². The fraction of sp³-hybridized carbons (Fsp3) is 1.00. The van der Waals surface area contributed by atoms with Crippen LogP contribution in [0, 0.1) is 5.92 Å². The standard InChI is InChI=1S/C9H21NO3S/c1-8(2)9(11)7-10-5-4-6-14(3,12)13/h8-11H,4-7H2,1-3H3. The van der Waals surface area contributed by atoms with Gasteiger partial charge in [0.05, 0.1) is 11.9 Å². The lowest BCUT2D eigenvalue weighted by atomic mass is 10.1. The van der Waals surface area contributed by atoms with Crippen molar-refractivity contribution in [3.63, 3.8) is 0 Å². The van der Waals surface area contributed by atoms with Crippen LogP contribution < -0.4 is 5.32 Å². The summed E-state index contributed by atoms with van der Waals surface area (Å²) in [6.45, 7) is 5.06. The van der Waals surface area contributed by atoms with Gasteiger partial charge in [-0.2, -0.15) is 0 Å². The van der Waals surface area contributed by atoms with Crippen molar-refractivity contribution in [1.29, 1.82) is 0 Å². The molecule has 0 amide bonds. The van der Waals surface area contributed by atoms with Gasteiger partial charge in [-0.25, -0.2) is 8.42 Å². The van der Waals surface area contributed by atoms with Gasteiger partial charge >= 0.3 is 0 Å². The van der Waals surface area contributed by atoms with Gasteiger partial charge in [-0.3, -0.25) is 0 Å². The predicted octanol–water partition coefficient (Wildman–Crippen LogP) is 0.0276. The minimum Gasteiger partial charge on any atom is -0.392 e. The molecule has 0 radical (unpaired) electrons. The molecule has 1 unspecified atom stereocenters. The van der Waals surface area contributed by atoms with E-state index in [0.29, 0.717) is 19.5 Å². The average Bonchev–Trinajstić information content (AvgIpc) is 2.01. The molecule has 0 rings (SSSR count). The summed E-state index contributed by atoms with van der Waals surface area (Å²) >= 11 is 0. The van der Waals surface area contributed by atoms with Gasteiger partial charge in [0.2, 0.25) is 0 Å². The van der Waals surface area contributed by atoms with E-state index in [-0.39, 0.29) is 17.8 Å². The minimum absolute atomic E-state index is 0.206. The molecule has 0 saturated carbocycles. The molecule has 0 bridgehead atoms. The van der Waals surface area contributed by atoms with Gasteiger partial charge in [0.1, 0.15) is 9.84 Å². The molecule has 2 N–H and O–H groups in total. The zero-order chi connectivity index (χ0) is 11.2. The molecule has 0 fully saturated rings. The number of hydrogen-bond donors (Lipinski definition) is 2. The predicted molar refractivity (Wildman–Crippen MR) is 58.0 cm³/mol. The van der Waals surface area contributed by atoms with E-state index in [9.17, 15) is 13.5 Å². The Morgan fingerprint density at radius 3 is 2.36 bits per heavy atom. The smallest absolute Gasteiger partial charge is 0.147 e. The molecule has 0 aromatic rings. The highest BCUT2D eigenvalue weighted by atomic mass is 32.2. The average molecular weight is 223 g/mol. The van der Waals surface area contributed by atoms with Gasteiger partial charge in [-0.1, -0.05) is 13.8 Å². The quantitative estimate of drug-likeness (QED) is 0.598. The maximum Gasteiger partial charge on any atom is 0.147 e. The Balaban J connectivity index is 3.39. The summed E-state index contributed by atoms with van der Waals surface area (Å²) in [5.41, 5.74) is 0. The van der Waals surface area contributed by atoms with Crippen molar-refractivity contribution in [3.05, 3.63) is 0 Å². The van der Waals surface area contributed by atoms with E-state index in [1.54, 1.807) is 0 Å². The molecule has 0 aromatic heterocycles. The Kier molecular flexibility index (Phi) is 6.31. The van der Waals surface area contributed by atoms with Crippen LogP contribution in [-0.2, 0) is 9.84 Å². The van der Waals surface area contributed by atoms with E-state index in [4.69, 9.17) is 0 Å². The Bertz CT molecular complexity index is 236. The van der Waals surface area contributed by atoms with Crippen LogP contribution in [0.25, 0.3) is 0 Å². The highest BCUT2D eigenvalue weighted by Crippen LogP contribution is 1.98. The van der Waals surface area contributed by atoms with Crippen LogP contribution in [0.3, 0.4) is 0 Å². The second-order valence-electron chi connectivity index (χ2n) is 4.00. The van der Waals surface area contributed by atoms with Crippen LogP contribution in [0.4, 0.5) is 0 Å². The van der Waals surface area contributed by atoms with Crippen molar-refractivity contribution in [2.24, 2.45) is 5.92 Å². The Morgan fingerprint density at radius 2 is 1.93 bits per heavy atom. The summed E-state index contributed by atoms with van der Waals surface area (Å²) in [5.74, 6) is 0.440. The molecule has 0 aliphatic carbocycles. The number of rotatable bonds is 7. The van der Waals surface area contributed by atoms with Gasteiger partial charge < -0.3 is 10.4 Å². The first-order valence-corrected chi connectivity index (χ1v) is 6.95. The number of sulfone groups is 1. The topological polar surface area (TPSA) is 66.4 Å². The molecule has 0 aliphatic rings. The number of aliphatic hydroxyl groups excluding tert-OH is 1. The Hall–Kier alpha value is -0.130. The molecule has 5 heteroatoms. The molecule has 14 heavy (non-hydrogen) atoms. The van der Waals surface area contributed by atoms with Crippen LogP contribution >= 0.6 is 0 Å². The monoisotopic (exact) mass is 223 g/mol. The van der Waals surface area contributed by atoms with Crippen molar-refractivity contribution in [2.75, 3.05) is 25.1 Å². The van der Waals surface area contributed by atoms with E-state index in [0.717, 1.165) is 0 Å². The fourth-order valence-electron chi connectivity index (χ4n) is 0.945. The zero-order valence-electron chi connectivity index (χ0n) is 9.16. The lowest BCUT2D eigenvalue weighted by Crippen LogP contribution is -2.31. The second-order valence-corrected chi connectivity index (χ2v) is 6.26. The number of hydrogen-bond acceptors (Lipinski definition) is 4. The third kappa shape index (κ3) is 8.47. The second kappa shape index (κ2) is 6.37. The fourth-order valence-corrected chi connectivity index (χ4v) is 1.61. The van der Waals surface area contributed by atoms with Gasteiger partial charge in [0, 0.05) is 12.8 Å². The summed E-state index contributed by atoms with van der Waals surface area (Å²) < 4.78 is 21.5. The SMILES string of the molecule is CC(C)C(O)CNCCCS(C)(=O)=O. The zero-order valence-corrected chi connectivity index (χ0v) is 9.97. The van der Waals surface area contributed by atoms with Crippen LogP contribution in [-0.4, -0.2) is 44.7 Å². The van der Waals surface area contributed by atoms with E-state index >= 15 is 0 Å². The number of nitrogens with one attached hydrogen (secondary N) is 1. The van der Waals surface area contributed by atoms with Crippen LogP contribution in [0.1, 0.15) is 20.3 Å². The summed E-state index contributed by atoms with van der Waals surface area (Å²) in [7, 11) is -2.84. The lowest BCUT2D eigenvalue weighted by Gasteiger charge is -2.14. The first-order chi connectivity index (χ1) is 6.33. The summed E-state index contributed by atoms with van der Waals surface area (Å²) in [4.78, 5) is 0. The third-order valence-corrected chi connectivity index (χ3v) is 3.02. The van der Waals surface area contributed by atoms with E-state index in [1.807, 2.05) is 13.8 Å². The molecule has 0 aromatic carbocycles.